The van der Waals surface area contributed by atoms with E-state index in [-0.39, 0.29) is 11.9 Å². The molecule has 1 N–H and O–H groups in total. The summed E-state index contributed by atoms with van der Waals surface area (Å²) in [5.41, 5.74) is 2.74. The van der Waals surface area contributed by atoms with Gasteiger partial charge in [0.05, 0.1) is 7.11 Å². The normalized spacial score (nSPS) is 22.9. The average molecular weight is 400 g/mol. The molecule has 6 heteroatoms. The second kappa shape index (κ2) is 8.62. The molecule has 2 saturated heterocycles. The van der Waals surface area contributed by atoms with E-state index in [1.807, 2.05) is 18.2 Å². The Kier molecular flexibility index (Phi) is 5.97. The number of benzene rings is 1. The first-order chi connectivity index (χ1) is 13.7. The van der Waals surface area contributed by atoms with Gasteiger partial charge in [-0.3, -0.25) is 14.6 Å². The molecule has 1 aliphatic carbocycles. The van der Waals surface area contributed by atoms with Crippen LogP contribution >= 0.6 is 12.2 Å². The lowest BCUT2D eigenvalue weighted by atomic mass is 9.94. The van der Waals surface area contributed by atoms with Gasteiger partial charge < -0.3 is 10.1 Å². The van der Waals surface area contributed by atoms with Crippen LogP contribution in [0, 0.1) is 0 Å². The maximum Gasteiger partial charge on any atom is 0.276 e. The van der Waals surface area contributed by atoms with E-state index in [2.05, 4.69) is 16.3 Å². The number of likely N-dealkylation sites (tertiary alicyclic amines) is 1. The number of hydrogen-bond acceptors (Lipinski definition) is 4. The summed E-state index contributed by atoms with van der Waals surface area (Å²) >= 11 is 5.48. The second-order valence-corrected chi connectivity index (χ2v) is 8.40. The minimum atomic E-state index is 0.00816. The number of thiocarbonyl (C=S) groups is 1. The lowest BCUT2D eigenvalue weighted by molar-refractivity contribution is -0.124. The van der Waals surface area contributed by atoms with Crippen LogP contribution in [0.25, 0.3) is 6.08 Å². The fourth-order valence-corrected chi connectivity index (χ4v) is 4.92. The number of amides is 1. The zero-order valence-electron chi connectivity index (χ0n) is 16.6. The molecule has 28 heavy (non-hydrogen) atoms. The molecule has 0 unspecified atom stereocenters. The Labute approximate surface area is 172 Å². The Morgan fingerprint density at radius 1 is 1.18 bits per heavy atom. The van der Waals surface area contributed by atoms with Crippen LogP contribution in [0.3, 0.4) is 0 Å². The van der Waals surface area contributed by atoms with E-state index in [4.69, 9.17) is 17.0 Å². The molecular formula is C22H29N3O2S. The van der Waals surface area contributed by atoms with Crippen molar-refractivity contribution in [1.29, 1.82) is 0 Å². The zero-order chi connectivity index (χ0) is 19.5. The minimum absolute atomic E-state index is 0.00816. The summed E-state index contributed by atoms with van der Waals surface area (Å²) in [5, 5.41) is 3.70. The Morgan fingerprint density at radius 3 is 2.64 bits per heavy atom. The number of ether oxygens (including phenoxy) is 1. The lowest BCUT2D eigenvalue weighted by Gasteiger charge is -2.29. The van der Waals surface area contributed by atoms with Crippen molar-refractivity contribution >= 4 is 29.3 Å². The average Bonchev–Trinajstić information content (AvgIpc) is 3.31. The second-order valence-electron chi connectivity index (χ2n) is 8.01. The first-order valence-corrected chi connectivity index (χ1v) is 10.8. The highest BCUT2D eigenvalue weighted by Gasteiger charge is 2.36. The van der Waals surface area contributed by atoms with E-state index in [0.717, 1.165) is 49.4 Å². The molecule has 5 nitrogen and oxygen atoms in total. The molecule has 0 bridgehead atoms. The SMILES string of the molecule is COc1ccc(/C=C2/NC(=S)N(C3CCCCC3)C2=O)cc1CN1CCCC1. The first-order valence-electron chi connectivity index (χ1n) is 10.4. The monoisotopic (exact) mass is 399 g/mol. The molecule has 1 aromatic rings. The van der Waals surface area contributed by atoms with Gasteiger partial charge in [0.15, 0.2) is 5.11 Å². The largest absolute Gasteiger partial charge is 0.496 e. The van der Waals surface area contributed by atoms with Gasteiger partial charge >= 0.3 is 0 Å². The number of nitrogens with zero attached hydrogens (tertiary/aromatic N) is 2. The van der Waals surface area contributed by atoms with Crippen LogP contribution in [0.4, 0.5) is 0 Å². The molecule has 1 amide bonds. The van der Waals surface area contributed by atoms with E-state index >= 15 is 0 Å². The third-order valence-electron chi connectivity index (χ3n) is 6.06. The van der Waals surface area contributed by atoms with Crippen molar-refractivity contribution < 1.29 is 9.53 Å². The van der Waals surface area contributed by atoms with Crippen LogP contribution in [0.5, 0.6) is 5.75 Å². The first kappa shape index (κ1) is 19.4. The van der Waals surface area contributed by atoms with Gasteiger partial charge in [-0.1, -0.05) is 25.3 Å². The molecule has 0 radical (unpaired) electrons. The lowest BCUT2D eigenvalue weighted by Crippen LogP contribution is -2.41. The Morgan fingerprint density at radius 2 is 1.93 bits per heavy atom. The summed E-state index contributed by atoms with van der Waals surface area (Å²) in [6.07, 6.45) is 10.1. The molecule has 150 valence electrons. The van der Waals surface area contributed by atoms with Gasteiger partial charge in [-0.05, 0) is 74.8 Å². The van der Waals surface area contributed by atoms with Crippen molar-refractivity contribution in [2.45, 2.75) is 57.5 Å². The van der Waals surface area contributed by atoms with Crippen molar-refractivity contribution in [2.24, 2.45) is 0 Å². The number of carbonyl (C=O) groups excluding carboxylic acids is 1. The topological polar surface area (TPSA) is 44.8 Å². The Bertz CT molecular complexity index is 780. The van der Waals surface area contributed by atoms with Crippen LogP contribution in [0.1, 0.15) is 56.1 Å². The maximum absolute atomic E-state index is 13.0. The summed E-state index contributed by atoms with van der Waals surface area (Å²) < 4.78 is 5.56. The molecule has 1 saturated carbocycles. The van der Waals surface area contributed by atoms with Crippen LogP contribution < -0.4 is 10.1 Å². The molecule has 3 aliphatic rings. The van der Waals surface area contributed by atoms with E-state index in [0.29, 0.717) is 10.8 Å². The number of rotatable bonds is 5. The van der Waals surface area contributed by atoms with Crippen molar-refractivity contribution in [1.82, 2.24) is 15.1 Å². The van der Waals surface area contributed by atoms with Crippen LogP contribution in [0.2, 0.25) is 0 Å². The van der Waals surface area contributed by atoms with Gasteiger partial charge in [0, 0.05) is 18.2 Å². The number of carbonyl (C=O) groups is 1. The van der Waals surface area contributed by atoms with Crippen molar-refractivity contribution in [3.8, 4) is 5.75 Å². The van der Waals surface area contributed by atoms with Crippen LogP contribution in [-0.4, -0.2) is 47.1 Å². The van der Waals surface area contributed by atoms with Crippen molar-refractivity contribution in [3.05, 3.63) is 35.0 Å². The quantitative estimate of drug-likeness (QED) is 0.604. The van der Waals surface area contributed by atoms with E-state index in [1.54, 1.807) is 12.0 Å². The summed E-state index contributed by atoms with van der Waals surface area (Å²) in [7, 11) is 1.71. The molecular weight excluding hydrogens is 370 g/mol. The fourth-order valence-electron chi connectivity index (χ4n) is 4.58. The van der Waals surface area contributed by atoms with Gasteiger partial charge in [0.2, 0.25) is 0 Å². The van der Waals surface area contributed by atoms with Gasteiger partial charge in [-0.2, -0.15) is 0 Å². The minimum Gasteiger partial charge on any atom is -0.496 e. The van der Waals surface area contributed by atoms with Crippen molar-refractivity contribution in [3.63, 3.8) is 0 Å². The Balaban J connectivity index is 1.54. The molecule has 3 fully saturated rings. The summed E-state index contributed by atoms with van der Waals surface area (Å²) in [6.45, 7) is 3.16. The highest BCUT2D eigenvalue weighted by Crippen LogP contribution is 2.28. The molecule has 0 spiro atoms. The maximum atomic E-state index is 13.0. The van der Waals surface area contributed by atoms with Crippen molar-refractivity contribution in [2.75, 3.05) is 20.2 Å². The van der Waals surface area contributed by atoms with E-state index in [1.165, 1.54) is 32.1 Å². The molecule has 1 aromatic carbocycles. The van der Waals surface area contributed by atoms with Gasteiger partial charge in [-0.25, -0.2) is 0 Å². The number of hydrogen-bond donors (Lipinski definition) is 1. The fraction of sp³-hybridized carbons (Fsp3) is 0.545. The number of nitrogens with one attached hydrogen (secondary N) is 1. The summed E-state index contributed by atoms with van der Waals surface area (Å²) in [4.78, 5) is 17.2. The predicted octanol–water partition coefficient (Wildman–Crippen LogP) is 3.68. The molecule has 0 aromatic heterocycles. The molecule has 2 heterocycles. The predicted molar refractivity (Wildman–Crippen MR) is 115 cm³/mol. The molecule has 2 aliphatic heterocycles. The molecule has 4 rings (SSSR count). The van der Waals surface area contributed by atoms with E-state index in [9.17, 15) is 4.79 Å². The zero-order valence-corrected chi connectivity index (χ0v) is 17.4. The smallest absolute Gasteiger partial charge is 0.276 e. The molecule has 0 atom stereocenters. The highest BCUT2D eigenvalue weighted by molar-refractivity contribution is 7.80. The van der Waals surface area contributed by atoms with Crippen LogP contribution in [-0.2, 0) is 11.3 Å². The van der Waals surface area contributed by atoms with Gasteiger partial charge in [0.25, 0.3) is 5.91 Å². The third kappa shape index (κ3) is 4.08. The van der Waals surface area contributed by atoms with Crippen LogP contribution in [0.15, 0.2) is 23.9 Å². The summed E-state index contributed by atoms with van der Waals surface area (Å²) in [5.74, 6) is 0.910. The van der Waals surface area contributed by atoms with Gasteiger partial charge in [-0.15, -0.1) is 0 Å². The van der Waals surface area contributed by atoms with E-state index < -0.39 is 0 Å². The summed E-state index contributed by atoms with van der Waals surface area (Å²) in [6, 6.07) is 6.37. The standard InChI is InChI=1S/C22H29N3O2S/c1-27-20-10-9-16(13-17(20)15-24-11-5-6-12-24)14-19-21(26)25(22(28)23-19)18-7-3-2-4-8-18/h9-10,13-14,18H,2-8,11-12,15H2,1H3,(H,23,28)/b19-14+. The highest BCUT2D eigenvalue weighted by atomic mass is 32.1. The third-order valence-corrected chi connectivity index (χ3v) is 6.36. The van der Waals surface area contributed by atoms with Gasteiger partial charge in [0.1, 0.15) is 11.4 Å². The number of methoxy groups -OCH3 is 1. The Hall–Kier alpha value is -1.92.